The van der Waals surface area contributed by atoms with Crippen LogP contribution >= 0.6 is 0 Å². The van der Waals surface area contributed by atoms with E-state index in [-0.39, 0.29) is 23.2 Å². The summed E-state index contributed by atoms with van der Waals surface area (Å²) in [4.78, 5) is 19.8. The van der Waals surface area contributed by atoms with E-state index in [9.17, 15) is 4.79 Å². The maximum Gasteiger partial charge on any atom is 0.248 e. The molecular weight excluding hydrogens is 444 g/mol. The molecule has 1 heterocycles. The number of nitrogens with zero attached hydrogens (tertiary/aromatic N) is 3. The Morgan fingerprint density at radius 3 is 2.34 bits per heavy atom. The van der Waals surface area contributed by atoms with Crippen molar-refractivity contribution >= 4 is 11.7 Å². The first-order valence-corrected chi connectivity index (χ1v) is 10.1. The lowest BCUT2D eigenvalue weighted by atomic mass is 10.1. The third-order valence-corrected chi connectivity index (χ3v) is 4.47. The molecule has 0 aliphatic heterocycles. The Morgan fingerprint density at radius 1 is 1.11 bits per heavy atom. The number of ether oxygens (including phenoxy) is 2. The molecule has 1 aromatic heterocycles. The van der Waals surface area contributed by atoms with E-state index >= 15 is 0 Å². The number of nitrogen functional groups attached to an aromatic ring is 1. The van der Waals surface area contributed by atoms with Crippen molar-refractivity contribution in [3.05, 3.63) is 96.8 Å². The summed E-state index contributed by atoms with van der Waals surface area (Å²) in [7, 11) is 0. The number of amides is 1. The highest BCUT2D eigenvalue weighted by Gasteiger charge is 2.15. The van der Waals surface area contributed by atoms with E-state index < -0.39 is 5.91 Å². The molecule has 0 spiro atoms. The Bertz CT molecular complexity index is 1380. The molecule has 0 fully saturated rings. The van der Waals surface area contributed by atoms with E-state index in [2.05, 4.69) is 33.9 Å². The number of rotatable bonds is 8. The number of hydrogen-bond acceptors (Lipinski definition) is 8. The van der Waals surface area contributed by atoms with Crippen molar-refractivity contribution in [3.63, 3.8) is 0 Å². The lowest BCUT2D eigenvalue weighted by molar-refractivity contribution is -0.115. The number of nitriles is 1. The Hall–Kier alpha value is -5.54. The van der Waals surface area contributed by atoms with E-state index in [1.54, 1.807) is 48.5 Å². The number of benzene rings is 2. The van der Waals surface area contributed by atoms with E-state index in [0.29, 0.717) is 28.2 Å². The molecule has 35 heavy (non-hydrogen) atoms. The van der Waals surface area contributed by atoms with E-state index in [0.717, 1.165) is 12.3 Å². The van der Waals surface area contributed by atoms with Gasteiger partial charge in [-0.1, -0.05) is 24.6 Å². The Kier molecular flexibility index (Phi) is 7.83. The topological polar surface area (TPSA) is 149 Å². The van der Waals surface area contributed by atoms with Gasteiger partial charge in [-0.3, -0.25) is 4.79 Å². The maximum atomic E-state index is 11.5. The first-order chi connectivity index (χ1) is 17.0. The molecule has 0 bridgehead atoms. The number of carbonyl (C=O) groups excluding carboxylic acids is 1. The predicted molar refractivity (Wildman–Crippen MR) is 131 cm³/mol. The molecular formula is C26H20N6O3. The standard InChI is InChI=1S/C26H20N6O3/c1-3-19(32-23(33)4-2)13-22(15-28)35-26-24(25(29)30-16-31-26)18-7-11-21(12-8-18)34-20-9-5-17(14-27)6-10-20/h1,4-13,15-16H,2,28H2,(H,32,33)(H2,29,30,31)/b19-13+,22-15+. The summed E-state index contributed by atoms with van der Waals surface area (Å²) >= 11 is 0. The van der Waals surface area contributed by atoms with Gasteiger partial charge in [-0.05, 0) is 48.0 Å². The summed E-state index contributed by atoms with van der Waals surface area (Å²) in [6.45, 7) is 3.38. The van der Waals surface area contributed by atoms with Crippen LogP contribution in [0.1, 0.15) is 5.56 Å². The van der Waals surface area contributed by atoms with E-state index in [4.69, 9.17) is 32.6 Å². The molecule has 9 nitrogen and oxygen atoms in total. The van der Waals surface area contributed by atoms with E-state index in [1.165, 1.54) is 12.4 Å². The fourth-order valence-electron chi connectivity index (χ4n) is 2.82. The average Bonchev–Trinajstić information content (AvgIpc) is 2.88. The van der Waals surface area contributed by atoms with Gasteiger partial charge in [0, 0.05) is 12.3 Å². The Morgan fingerprint density at radius 2 is 1.77 bits per heavy atom. The third-order valence-electron chi connectivity index (χ3n) is 4.47. The van der Waals surface area contributed by atoms with Gasteiger partial charge in [0.2, 0.25) is 11.8 Å². The van der Waals surface area contributed by atoms with Gasteiger partial charge < -0.3 is 26.3 Å². The Balaban J connectivity index is 1.86. The molecule has 3 rings (SSSR count). The van der Waals surface area contributed by atoms with E-state index in [1.807, 2.05) is 0 Å². The quantitative estimate of drug-likeness (QED) is 0.199. The minimum Gasteiger partial charge on any atom is -0.457 e. The smallest absolute Gasteiger partial charge is 0.248 e. The van der Waals surface area contributed by atoms with Crippen LogP contribution in [0.2, 0.25) is 0 Å². The maximum absolute atomic E-state index is 11.5. The van der Waals surface area contributed by atoms with Crippen molar-refractivity contribution in [2.75, 3.05) is 5.73 Å². The van der Waals surface area contributed by atoms with Crippen LogP contribution in [0.3, 0.4) is 0 Å². The molecule has 1 amide bonds. The molecule has 9 heteroatoms. The zero-order valence-electron chi connectivity index (χ0n) is 18.4. The second-order valence-electron chi connectivity index (χ2n) is 6.77. The highest BCUT2D eigenvalue weighted by Crippen LogP contribution is 2.34. The zero-order chi connectivity index (χ0) is 25.2. The summed E-state index contributed by atoms with van der Waals surface area (Å²) in [6.07, 6.45) is 10.3. The fourth-order valence-corrected chi connectivity index (χ4v) is 2.82. The monoisotopic (exact) mass is 464 g/mol. The summed E-state index contributed by atoms with van der Waals surface area (Å²) in [5, 5.41) is 11.4. The van der Waals surface area contributed by atoms with Crippen LogP contribution < -0.4 is 26.3 Å². The SMILES string of the molecule is C#C/C(=C\C(=C/N)Oc1ncnc(N)c1-c1ccc(Oc2ccc(C#N)cc2)cc1)NC(=O)C=C. The number of nitrogens with two attached hydrogens (primary N) is 2. The molecule has 5 N–H and O–H groups in total. The van der Waals surface area contributed by atoms with Gasteiger partial charge in [0.05, 0.1) is 22.9 Å². The largest absolute Gasteiger partial charge is 0.457 e. The van der Waals surface area contributed by atoms with Gasteiger partial charge in [0.25, 0.3) is 0 Å². The van der Waals surface area contributed by atoms with Crippen LogP contribution in [0.15, 0.2) is 91.2 Å². The minimum absolute atomic E-state index is 0.111. The normalized spacial score (nSPS) is 11.0. The van der Waals surface area contributed by atoms with Crippen molar-refractivity contribution < 1.29 is 14.3 Å². The summed E-state index contributed by atoms with van der Waals surface area (Å²) < 4.78 is 11.6. The van der Waals surface area contributed by atoms with Gasteiger partial charge in [-0.2, -0.15) is 5.26 Å². The molecule has 0 radical (unpaired) electrons. The van der Waals surface area contributed by atoms with Crippen LogP contribution in [0.4, 0.5) is 5.82 Å². The number of aromatic nitrogens is 2. The molecule has 0 atom stereocenters. The first-order valence-electron chi connectivity index (χ1n) is 10.1. The number of anilines is 1. The lowest BCUT2D eigenvalue weighted by Crippen LogP contribution is -2.19. The second kappa shape index (κ2) is 11.4. The summed E-state index contributed by atoms with van der Waals surface area (Å²) in [5.74, 6) is 3.40. The molecule has 2 aromatic carbocycles. The molecule has 0 saturated carbocycles. The second-order valence-corrected chi connectivity index (χ2v) is 6.77. The predicted octanol–water partition coefficient (Wildman–Crippen LogP) is 3.39. The van der Waals surface area contributed by atoms with Gasteiger partial charge in [0.1, 0.15) is 29.4 Å². The van der Waals surface area contributed by atoms with Crippen molar-refractivity contribution in [1.82, 2.24) is 15.3 Å². The average molecular weight is 464 g/mol. The van der Waals surface area contributed by atoms with Gasteiger partial charge >= 0.3 is 0 Å². The van der Waals surface area contributed by atoms with Crippen molar-refractivity contribution in [2.45, 2.75) is 0 Å². The number of carbonyl (C=O) groups is 1. The summed E-state index contributed by atoms with van der Waals surface area (Å²) in [5.41, 5.74) is 13.5. The van der Waals surface area contributed by atoms with Crippen LogP contribution in [0.5, 0.6) is 17.4 Å². The Labute approximate surface area is 202 Å². The van der Waals surface area contributed by atoms with Crippen LogP contribution in [0.25, 0.3) is 11.1 Å². The van der Waals surface area contributed by atoms with Gasteiger partial charge in [-0.15, -0.1) is 6.42 Å². The van der Waals surface area contributed by atoms with Crippen LogP contribution in [0, 0.1) is 23.7 Å². The molecule has 3 aromatic rings. The van der Waals surface area contributed by atoms with Gasteiger partial charge in [-0.25, -0.2) is 9.97 Å². The van der Waals surface area contributed by atoms with Crippen molar-refractivity contribution in [1.29, 1.82) is 5.26 Å². The van der Waals surface area contributed by atoms with Crippen molar-refractivity contribution in [3.8, 4) is 46.9 Å². The van der Waals surface area contributed by atoms with Crippen molar-refractivity contribution in [2.24, 2.45) is 5.73 Å². The molecule has 0 aliphatic carbocycles. The molecule has 0 aliphatic rings. The van der Waals surface area contributed by atoms with Gasteiger partial charge in [0.15, 0.2) is 0 Å². The summed E-state index contributed by atoms with van der Waals surface area (Å²) in [6, 6.07) is 15.8. The van der Waals surface area contributed by atoms with Crippen LogP contribution in [-0.2, 0) is 4.79 Å². The fraction of sp³-hybridized carbons (Fsp3) is 0. The minimum atomic E-state index is -0.485. The first kappa shape index (κ1) is 24.1. The molecule has 0 saturated heterocycles. The number of hydrogen-bond donors (Lipinski definition) is 3. The number of allylic oxidation sites excluding steroid dienone is 2. The zero-order valence-corrected chi connectivity index (χ0v) is 18.4. The molecule has 172 valence electrons. The lowest BCUT2D eigenvalue weighted by Gasteiger charge is -2.13. The highest BCUT2D eigenvalue weighted by atomic mass is 16.5. The highest BCUT2D eigenvalue weighted by molar-refractivity contribution is 5.88. The third kappa shape index (κ3) is 6.25. The number of terminal acetylenes is 1. The van der Waals surface area contributed by atoms with Crippen LogP contribution in [-0.4, -0.2) is 15.9 Å². The molecule has 0 unspecified atom stereocenters. The number of nitrogens with one attached hydrogen (secondary N) is 1.